The molecular formula is C18H17N3O4. The molecule has 0 spiro atoms. The fraction of sp³-hybridized carbons (Fsp3) is 0.222. The Balaban J connectivity index is 1.62. The molecule has 0 radical (unpaired) electrons. The number of rotatable bonds is 3. The van der Waals surface area contributed by atoms with E-state index >= 15 is 0 Å². The number of nitrogens with zero attached hydrogens (tertiary/aromatic N) is 2. The first kappa shape index (κ1) is 15.3. The van der Waals surface area contributed by atoms with Crippen molar-refractivity contribution in [2.75, 3.05) is 6.79 Å². The zero-order chi connectivity index (χ0) is 17.4. The van der Waals surface area contributed by atoms with Crippen LogP contribution in [-0.2, 0) is 4.84 Å². The van der Waals surface area contributed by atoms with Crippen LogP contribution in [0, 0.1) is 0 Å². The van der Waals surface area contributed by atoms with Gasteiger partial charge in [-0.25, -0.2) is 5.01 Å². The molecule has 0 bridgehead atoms. The summed E-state index contributed by atoms with van der Waals surface area (Å²) in [5, 5.41) is 5.75. The van der Waals surface area contributed by atoms with Gasteiger partial charge in [-0.1, -0.05) is 23.4 Å². The number of ether oxygens (including phenoxy) is 2. The first-order valence-corrected chi connectivity index (χ1v) is 7.87. The Labute approximate surface area is 144 Å². The lowest BCUT2D eigenvalue weighted by atomic mass is 10.1. The second-order valence-corrected chi connectivity index (χ2v) is 6.16. The topological polar surface area (TPSA) is 72.4 Å². The number of oxime groups is 1. The van der Waals surface area contributed by atoms with Crippen LogP contribution < -0.4 is 14.9 Å². The van der Waals surface area contributed by atoms with Crippen molar-refractivity contribution >= 4 is 11.7 Å². The second-order valence-electron chi connectivity index (χ2n) is 6.16. The fourth-order valence-corrected chi connectivity index (χ4v) is 2.65. The van der Waals surface area contributed by atoms with Crippen LogP contribution in [0.5, 0.6) is 11.5 Å². The lowest BCUT2D eigenvalue weighted by Crippen LogP contribution is -2.54. The highest BCUT2D eigenvalue weighted by Gasteiger charge is 2.40. The van der Waals surface area contributed by atoms with Crippen LogP contribution >= 0.6 is 0 Å². The number of amidine groups is 1. The Hall–Kier alpha value is -3.22. The number of amides is 1. The molecule has 0 saturated heterocycles. The van der Waals surface area contributed by atoms with Crippen LogP contribution in [-0.4, -0.2) is 29.3 Å². The number of hydrazine groups is 1. The number of benzene rings is 2. The normalized spacial score (nSPS) is 17.0. The van der Waals surface area contributed by atoms with Gasteiger partial charge in [0.25, 0.3) is 5.91 Å². The smallest absolute Gasteiger partial charge is 0.269 e. The molecule has 1 amide bonds. The van der Waals surface area contributed by atoms with Crippen LogP contribution in [0.15, 0.2) is 53.7 Å². The third kappa shape index (κ3) is 2.73. The lowest BCUT2D eigenvalue weighted by Gasteiger charge is -2.31. The zero-order valence-electron chi connectivity index (χ0n) is 13.9. The van der Waals surface area contributed by atoms with Gasteiger partial charge in [0.05, 0.1) is 0 Å². The first-order valence-electron chi connectivity index (χ1n) is 7.87. The first-order chi connectivity index (χ1) is 12.0. The minimum Gasteiger partial charge on any atom is -0.454 e. The van der Waals surface area contributed by atoms with Gasteiger partial charge >= 0.3 is 0 Å². The van der Waals surface area contributed by atoms with Crippen molar-refractivity contribution in [1.82, 2.24) is 10.4 Å². The van der Waals surface area contributed by atoms with E-state index in [2.05, 4.69) is 10.6 Å². The molecule has 0 aliphatic carbocycles. The fourth-order valence-electron chi connectivity index (χ4n) is 2.65. The molecule has 0 unspecified atom stereocenters. The van der Waals surface area contributed by atoms with Gasteiger partial charge in [-0.2, -0.15) is 0 Å². The monoisotopic (exact) mass is 339 g/mol. The van der Waals surface area contributed by atoms with Crippen molar-refractivity contribution in [2.24, 2.45) is 5.16 Å². The predicted octanol–water partition coefficient (Wildman–Crippen LogP) is 2.49. The summed E-state index contributed by atoms with van der Waals surface area (Å²) in [6.07, 6.45) is 0. The lowest BCUT2D eigenvalue weighted by molar-refractivity contribution is -0.0824. The predicted molar refractivity (Wildman–Crippen MR) is 90.0 cm³/mol. The van der Waals surface area contributed by atoms with Crippen LogP contribution in [0.25, 0.3) is 0 Å². The van der Waals surface area contributed by atoms with Crippen LogP contribution in [0.2, 0.25) is 0 Å². The third-order valence-electron chi connectivity index (χ3n) is 3.99. The summed E-state index contributed by atoms with van der Waals surface area (Å²) in [5.74, 6) is 1.57. The van der Waals surface area contributed by atoms with E-state index in [0.717, 1.165) is 5.56 Å². The van der Waals surface area contributed by atoms with E-state index in [1.165, 1.54) is 0 Å². The van der Waals surface area contributed by atoms with E-state index in [-0.39, 0.29) is 12.7 Å². The molecule has 0 atom stereocenters. The summed E-state index contributed by atoms with van der Waals surface area (Å²) in [6, 6.07) is 14.4. The van der Waals surface area contributed by atoms with Gasteiger partial charge in [0, 0.05) is 11.1 Å². The molecule has 4 rings (SSSR count). The summed E-state index contributed by atoms with van der Waals surface area (Å²) < 4.78 is 10.7. The van der Waals surface area contributed by atoms with Crippen molar-refractivity contribution in [3.05, 3.63) is 59.7 Å². The number of hydrogen-bond donors (Lipinski definition) is 1. The Kier molecular flexibility index (Phi) is 3.49. The maximum absolute atomic E-state index is 12.5. The Morgan fingerprint density at radius 3 is 2.68 bits per heavy atom. The van der Waals surface area contributed by atoms with Gasteiger partial charge in [0.2, 0.25) is 12.5 Å². The Morgan fingerprint density at radius 1 is 1.12 bits per heavy atom. The molecule has 0 fully saturated rings. The maximum atomic E-state index is 12.5. The molecule has 0 aromatic heterocycles. The molecule has 2 aliphatic heterocycles. The molecule has 2 heterocycles. The van der Waals surface area contributed by atoms with Gasteiger partial charge in [0.15, 0.2) is 17.3 Å². The van der Waals surface area contributed by atoms with Crippen molar-refractivity contribution < 1.29 is 19.1 Å². The molecule has 1 N–H and O–H groups in total. The van der Waals surface area contributed by atoms with Crippen molar-refractivity contribution in [1.29, 1.82) is 0 Å². The molecule has 25 heavy (non-hydrogen) atoms. The van der Waals surface area contributed by atoms with E-state index < -0.39 is 5.72 Å². The molecule has 2 aromatic rings. The van der Waals surface area contributed by atoms with Crippen LogP contribution in [0.4, 0.5) is 0 Å². The van der Waals surface area contributed by atoms with E-state index in [1.54, 1.807) is 17.1 Å². The summed E-state index contributed by atoms with van der Waals surface area (Å²) in [4.78, 5) is 18.0. The number of nitrogens with one attached hydrogen (secondary N) is 1. The maximum Gasteiger partial charge on any atom is 0.269 e. The van der Waals surface area contributed by atoms with Crippen molar-refractivity contribution in [2.45, 2.75) is 19.6 Å². The number of hydrogen-bond acceptors (Lipinski definition) is 6. The van der Waals surface area contributed by atoms with Crippen LogP contribution in [0.1, 0.15) is 29.8 Å². The molecule has 7 heteroatoms. The van der Waals surface area contributed by atoms with Gasteiger partial charge < -0.3 is 14.3 Å². The van der Waals surface area contributed by atoms with E-state index in [9.17, 15) is 4.79 Å². The summed E-state index contributed by atoms with van der Waals surface area (Å²) in [6.45, 7) is 3.84. The largest absolute Gasteiger partial charge is 0.454 e. The Morgan fingerprint density at radius 2 is 1.88 bits per heavy atom. The average molecular weight is 339 g/mol. The van der Waals surface area contributed by atoms with Gasteiger partial charge in [-0.15, -0.1) is 0 Å². The highest BCUT2D eigenvalue weighted by atomic mass is 16.7. The van der Waals surface area contributed by atoms with Crippen molar-refractivity contribution in [3.8, 4) is 11.5 Å². The van der Waals surface area contributed by atoms with Gasteiger partial charge in [0.1, 0.15) is 0 Å². The highest BCUT2D eigenvalue weighted by Crippen LogP contribution is 2.34. The molecule has 0 saturated carbocycles. The molecule has 2 aliphatic rings. The number of carbonyl (C=O) groups excluding carboxylic acids is 1. The summed E-state index contributed by atoms with van der Waals surface area (Å²) in [7, 11) is 0. The summed E-state index contributed by atoms with van der Waals surface area (Å²) >= 11 is 0. The minimum atomic E-state index is -0.823. The van der Waals surface area contributed by atoms with E-state index in [4.69, 9.17) is 14.3 Å². The van der Waals surface area contributed by atoms with E-state index in [1.807, 2.05) is 50.2 Å². The quantitative estimate of drug-likeness (QED) is 0.930. The summed E-state index contributed by atoms with van der Waals surface area (Å²) in [5.41, 5.74) is 3.35. The van der Waals surface area contributed by atoms with E-state index in [0.29, 0.717) is 22.9 Å². The third-order valence-corrected chi connectivity index (χ3v) is 3.99. The van der Waals surface area contributed by atoms with Crippen LogP contribution in [0.3, 0.4) is 0 Å². The second kappa shape index (κ2) is 5.70. The zero-order valence-corrected chi connectivity index (χ0v) is 13.9. The van der Waals surface area contributed by atoms with Gasteiger partial charge in [-0.3, -0.25) is 10.2 Å². The molecular weight excluding hydrogens is 322 g/mol. The highest BCUT2D eigenvalue weighted by molar-refractivity contribution is 6.02. The molecule has 7 nitrogen and oxygen atoms in total. The number of carbonyl (C=O) groups is 1. The Bertz CT molecular complexity index is 849. The van der Waals surface area contributed by atoms with Crippen molar-refractivity contribution in [3.63, 3.8) is 0 Å². The molecule has 2 aromatic carbocycles. The van der Waals surface area contributed by atoms with Gasteiger partial charge in [-0.05, 0) is 44.2 Å². The number of fused-ring (bicyclic) bond motifs is 1. The average Bonchev–Trinajstić information content (AvgIpc) is 3.19. The standard InChI is InChI=1S/C18H17N3O4/c1-18(2)21(19-17(22)12-6-4-3-5-7-12)16(20-25-18)13-8-9-14-15(10-13)24-11-23-14/h3-10H,11H2,1-2H3,(H,19,22). The SMILES string of the molecule is CC1(C)ON=C(c2ccc3c(c2)OCO3)N1NC(=O)c1ccccc1. The minimum absolute atomic E-state index is 0.196. The molecule has 128 valence electrons.